The Bertz CT molecular complexity index is 164. The van der Waals surface area contributed by atoms with Crippen LogP contribution in [0.25, 0.3) is 0 Å². The van der Waals surface area contributed by atoms with Crippen molar-refractivity contribution in [1.29, 1.82) is 0 Å². The highest BCUT2D eigenvalue weighted by atomic mass is 15.1. The maximum atomic E-state index is 2.62. The molecule has 1 aliphatic heterocycles. The molecule has 0 unspecified atom stereocenters. The van der Waals surface area contributed by atoms with Gasteiger partial charge in [-0.1, -0.05) is 18.9 Å². The molecule has 1 saturated heterocycles. The number of rotatable bonds is 1. The van der Waals surface area contributed by atoms with E-state index in [1.165, 1.54) is 58.0 Å². The van der Waals surface area contributed by atoms with Gasteiger partial charge in [0, 0.05) is 18.8 Å². The Labute approximate surface area is 75.4 Å². The highest BCUT2D eigenvalue weighted by Gasteiger charge is 2.14. The van der Waals surface area contributed by atoms with Gasteiger partial charge >= 0.3 is 0 Å². The predicted octanol–water partition coefficient (Wildman–Crippen LogP) is 2.93. The van der Waals surface area contributed by atoms with E-state index in [0.29, 0.717) is 0 Å². The molecule has 1 heterocycles. The lowest BCUT2D eigenvalue weighted by atomic mass is 10.2. The van der Waals surface area contributed by atoms with Crippen LogP contribution in [0.2, 0.25) is 0 Å². The van der Waals surface area contributed by atoms with Crippen LogP contribution in [0.15, 0.2) is 11.8 Å². The molecule has 0 aromatic rings. The summed E-state index contributed by atoms with van der Waals surface area (Å²) in [5.74, 6) is 0. The molecule has 1 aliphatic carbocycles. The first-order chi connectivity index (χ1) is 5.97. The number of allylic oxidation sites excluding steroid dienone is 2. The van der Waals surface area contributed by atoms with Crippen molar-refractivity contribution in [1.82, 2.24) is 4.90 Å². The molecule has 1 nitrogen and oxygen atoms in total. The maximum Gasteiger partial charge on any atom is 0.0174 e. The lowest BCUT2D eigenvalue weighted by Crippen LogP contribution is -2.22. The summed E-state index contributed by atoms with van der Waals surface area (Å²) in [5.41, 5.74) is 1.65. The van der Waals surface area contributed by atoms with E-state index < -0.39 is 0 Å². The third kappa shape index (κ3) is 1.82. The average molecular weight is 165 g/mol. The molecule has 1 heteroatoms. The van der Waals surface area contributed by atoms with Crippen molar-refractivity contribution < 1.29 is 0 Å². The van der Waals surface area contributed by atoms with Gasteiger partial charge in [0.1, 0.15) is 0 Å². The molecule has 12 heavy (non-hydrogen) atoms. The van der Waals surface area contributed by atoms with Crippen LogP contribution in [0.1, 0.15) is 44.9 Å². The topological polar surface area (TPSA) is 3.24 Å². The molecule has 1 fully saturated rings. The molecule has 0 radical (unpaired) electrons. The summed E-state index contributed by atoms with van der Waals surface area (Å²) >= 11 is 0. The van der Waals surface area contributed by atoms with E-state index in [2.05, 4.69) is 11.0 Å². The van der Waals surface area contributed by atoms with Gasteiger partial charge in [0.2, 0.25) is 0 Å². The maximum absolute atomic E-state index is 2.62. The van der Waals surface area contributed by atoms with Crippen molar-refractivity contribution in [3.8, 4) is 0 Å². The third-order valence-corrected chi connectivity index (χ3v) is 3.03. The second kappa shape index (κ2) is 3.97. The number of hydrogen-bond acceptors (Lipinski definition) is 1. The lowest BCUT2D eigenvalue weighted by Gasteiger charge is -2.23. The Balaban J connectivity index is 1.91. The Hall–Kier alpha value is -0.460. The first-order valence-corrected chi connectivity index (χ1v) is 5.41. The highest BCUT2D eigenvalue weighted by molar-refractivity contribution is 5.06. The number of hydrogen-bond donors (Lipinski definition) is 0. The van der Waals surface area contributed by atoms with Crippen LogP contribution < -0.4 is 0 Å². The first kappa shape index (κ1) is 8.15. The molecule has 0 amide bonds. The molecule has 68 valence electrons. The van der Waals surface area contributed by atoms with E-state index in [1.807, 2.05) is 0 Å². The van der Waals surface area contributed by atoms with E-state index in [0.717, 1.165) is 0 Å². The average Bonchev–Trinajstić information content (AvgIpc) is 2.48. The minimum atomic E-state index is 1.33. The van der Waals surface area contributed by atoms with Crippen molar-refractivity contribution >= 4 is 0 Å². The normalized spacial score (nSPS) is 25.3. The molecule has 0 spiro atoms. The fourth-order valence-corrected chi connectivity index (χ4v) is 2.30. The monoisotopic (exact) mass is 165 g/mol. The van der Waals surface area contributed by atoms with Crippen LogP contribution in [0.5, 0.6) is 0 Å². The summed E-state index contributed by atoms with van der Waals surface area (Å²) in [7, 11) is 0. The standard InChI is InChI=1S/C11H19N/c1-2-6-10-12(9-5-1)11-7-3-4-8-11/h7H,1-6,8-10H2. The lowest BCUT2D eigenvalue weighted by molar-refractivity contribution is 0.350. The van der Waals surface area contributed by atoms with Crippen LogP contribution >= 0.6 is 0 Å². The van der Waals surface area contributed by atoms with Crippen LogP contribution in [0.4, 0.5) is 0 Å². The van der Waals surface area contributed by atoms with Gasteiger partial charge in [-0.2, -0.15) is 0 Å². The molecular weight excluding hydrogens is 146 g/mol. The molecular formula is C11H19N. The van der Waals surface area contributed by atoms with Crippen molar-refractivity contribution in [2.24, 2.45) is 0 Å². The van der Waals surface area contributed by atoms with Gasteiger partial charge in [-0.15, -0.1) is 0 Å². The van der Waals surface area contributed by atoms with Gasteiger partial charge in [0.15, 0.2) is 0 Å². The molecule has 2 rings (SSSR count). The molecule has 0 aromatic carbocycles. The summed E-state index contributed by atoms with van der Waals surface area (Å²) in [6.07, 6.45) is 12.2. The van der Waals surface area contributed by atoms with Crippen LogP contribution in [-0.4, -0.2) is 18.0 Å². The van der Waals surface area contributed by atoms with Crippen LogP contribution in [0.3, 0.4) is 0 Å². The van der Waals surface area contributed by atoms with Gasteiger partial charge in [0.05, 0.1) is 0 Å². The summed E-state index contributed by atoms with van der Waals surface area (Å²) in [6.45, 7) is 2.65. The minimum absolute atomic E-state index is 1.33. The van der Waals surface area contributed by atoms with E-state index >= 15 is 0 Å². The van der Waals surface area contributed by atoms with E-state index in [1.54, 1.807) is 5.70 Å². The second-order valence-electron chi connectivity index (χ2n) is 3.99. The largest absolute Gasteiger partial charge is 0.375 e. The smallest absolute Gasteiger partial charge is 0.0174 e. The van der Waals surface area contributed by atoms with Gasteiger partial charge in [-0.05, 0) is 32.1 Å². The first-order valence-electron chi connectivity index (χ1n) is 5.41. The summed E-state index contributed by atoms with van der Waals surface area (Å²) in [5, 5.41) is 0. The molecule has 2 aliphatic rings. The van der Waals surface area contributed by atoms with Crippen molar-refractivity contribution in [2.75, 3.05) is 13.1 Å². The SMILES string of the molecule is C1=C(N2CCCCCC2)CCC1. The van der Waals surface area contributed by atoms with Crippen molar-refractivity contribution in [2.45, 2.75) is 44.9 Å². The summed E-state index contributed by atoms with van der Waals surface area (Å²) in [4.78, 5) is 2.62. The fraction of sp³-hybridized carbons (Fsp3) is 0.818. The van der Waals surface area contributed by atoms with E-state index in [9.17, 15) is 0 Å². The van der Waals surface area contributed by atoms with Crippen molar-refractivity contribution in [3.63, 3.8) is 0 Å². The van der Waals surface area contributed by atoms with E-state index in [4.69, 9.17) is 0 Å². The van der Waals surface area contributed by atoms with Crippen LogP contribution in [0, 0.1) is 0 Å². The zero-order valence-corrected chi connectivity index (χ0v) is 7.89. The predicted molar refractivity (Wildman–Crippen MR) is 52.0 cm³/mol. The Morgan fingerprint density at radius 1 is 0.917 bits per heavy atom. The molecule has 0 saturated carbocycles. The van der Waals surface area contributed by atoms with Gasteiger partial charge in [-0.25, -0.2) is 0 Å². The summed E-state index contributed by atoms with van der Waals surface area (Å²) in [6, 6.07) is 0. The van der Waals surface area contributed by atoms with Gasteiger partial charge in [-0.3, -0.25) is 0 Å². The number of likely N-dealkylation sites (tertiary alicyclic amines) is 1. The van der Waals surface area contributed by atoms with Gasteiger partial charge < -0.3 is 4.90 Å². The van der Waals surface area contributed by atoms with E-state index in [-0.39, 0.29) is 0 Å². The minimum Gasteiger partial charge on any atom is -0.375 e. The Morgan fingerprint density at radius 3 is 2.25 bits per heavy atom. The zero-order chi connectivity index (χ0) is 8.23. The molecule has 0 bridgehead atoms. The second-order valence-corrected chi connectivity index (χ2v) is 3.99. The zero-order valence-electron chi connectivity index (χ0n) is 7.89. The molecule has 0 aromatic heterocycles. The van der Waals surface area contributed by atoms with Crippen LogP contribution in [-0.2, 0) is 0 Å². The number of nitrogens with zero attached hydrogens (tertiary/aromatic N) is 1. The highest BCUT2D eigenvalue weighted by Crippen LogP contribution is 2.23. The Morgan fingerprint density at radius 2 is 1.67 bits per heavy atom. The molecule has 0 N–H and O–H groups in total. The third-order valence-electron chi connectivity index (χ3n) is 3.03. The Kier molecular flexibility index (Phi) is 2.70. The fourth-order valence-electron chi connectivity index (χ4n) is 2.30. The molecule has 0 atom stereocenters. The quantitative estimate of drug-likeness (QED) is 0.577. The van der Waals surface area contributed by atoms with Gasteiger partial charge in [0.25, 0.3) is 0 Å². The summed E-state index contributed by atoms with van der Waals surface area (Å²) < 4.78 is 0. The van der Waals surface area contributed by atoms with Crippen molar-refractivity contribution in [3.05, 3.63) is 11.8 Å².